The molecule has 11 heteroatoms. The number of nitrogens with one attached hydrogen (secondary N) is 2. The Morgan fingerprint density at radius 1 is 1.25 bits per heavy atom. The maximum Gasteiger partial charge on any atom is 0.387 e. The molecular weight excluding hydrogens is 447 g/mol. The van der Waals surface area contributed by atoms with Crippen LogP contribution in [0.25, 0.3) is 10.9 Å². The molecule has 0 atom stereocenters. The van der Waals surface area contributed by atoms with Crippen molar-refractivity contribution in [3.05, 3.63) is 47.5 Å². The van der Waals surface area contributed by atoms with Gasteiger partial charge in [0.2, 0.25) is 0 Å². The van der Waals surface area contributed by atoms with Gasteiger partial charge < -0.3 is 15.4 Å². The molecule has 2 N–H and O–H groups in total. The maximum atomic E-state index is 13.4. The highest BCUT2D eigenvalue weighted by atomic mass is 35.5. The molecule has 0 spiro atoms. The van der Waals surface area contributed by atoms with Gasteiger partial charge in [-0.1, -0.05) is 17.5 Å². The standard InChI is InChI=1S/C21H17ClF3N5O2/c1-30(2)7-3-4-19(31)29-17-9-13-16(10-18(17)32-21(24)25)26-11-27-20(13)28-12-5-6-15(23)14(22)8-12/h5-6,8-11,21H,7H2,1-2H3,(H,29,31)(H,26,27,28). The Hall–Kier alpha value is -3.55. The van der Waals surface area contributed by atoms with E-state index >= 15 is 0 Å². The van der Waals surface area contributed by atoms with Gasteiger partial charge in [0.25, 0.3) is 5.91 Å². The summed E-state index contributed by atoms with van der Waals surface area (Å²) in [6.07, 6.45) is 1.22. The molecule has 0 aliphatic rings. The maximum absolute atomic E-state index is 13.4. The predicted molar refractivity (Wildman–Crippen MR) is 116 cm³/mol. The summed E-state index contributed by atoms with van der Waals surface area (Å²) < 4.78 is 43.8. The summed E-state index contributed by atoms with van der Waals surface area (Å²) in [5.41, 5.74) is 0.657. The highest BCUT2D eigenvalue weighted by Crippen LogP contribution is 2.34. The van der Waals surface area contributed by atoms with Crippen molar-refractivity contribution in [1.82, 2.24) is 14.9 Å². The van der Waals surface area contributed by atoms with Gasteiger partial charge in [-0.05, 0) is 44.3 Å². The number of halogens is 4. The molecule has 1 aromatic heterocycles. The molecule has 0 aliphatic heterocycles. The molecule has 166 valence electrons. The Morgan fingerprint density at radius 2 is 2.03 bits per heavy atom. The first kappa shape index (κ1) is 23.1. The zero-order chi connectivity index (χ0) is 23.3. The number of aromatic nitrogens is 2. The molecule has 0 bridgehead atoms. The lowest BCUT2D eigenvalue weighted by molar-refractivity contribution is -0.111. The number of alkyl halides is 2. The second kappa shape index (κ2) is 10.2. The zero-order valence-corrected chi connectivity index (χ0v) is 17.7. The summed E-state index contributed by atoms with van der Waals surface area (Å²) in [6, 6.07) is 6.62. The van der Waals surface area contributed by atoms with Gasteiger partial charge in [0.1, 0.15) is 18.0 Å². The summed E-state index contributed by atoms with van der Waals surface area (Å²) in [5.74, 6) is 3.72. The Kier molecular flexibility index (Phi) is 7.35. The third-order valence-corrected chi connectivity index (χ3v) is 4.27. The van der Waals surface area contributed by atoms with Gasteiger partial charge in [0, 0.05) is 17.1 Å². The van der Waals surface area contributed by atoms with Crippen LogP contribution in [0.2, 0.25) is 5.02 Å². The minimum Gasteiger partial charge on any atom is -0.433 e. The summed E-state index contributed by atoms with van der Waals surface area (Å²) in [4.78, 5) is 22.1. The summed E-state index contributed by atoms with van der Waals surface area (Å²) >= 11 is 5.81. The highest BCUT2D eigenvalue weighted by molar-refractivity contribution is 6.31. The van der Waals surface area contributed by atoms with Gasteiger partial charge in [-0.2, -0.15) is 8.78 Å². The van der Waals surface area contributed by atoms with Crippen molar-refractivity contribution in [2.75, 3.05) is 31.3 Å². The van der Waals surface area contributed by atoms with E-state index in [0.717, 1.165) is 0 Å². The first-order chi connectivity index (χ1) is 15.2. The lowest BCUT2D eigenvalue weighted by Crippen LogP contribution is -2.14. The average molecular weight is 464 g/mol. The lowest BCUT2D eigenvalue weighted by Gasteiger charge is -2.14. The molecule has 3 aromatic rings. The van der Waals surface area contributed by atoms with Crippen LogP contribution >= 0.6 is 11.6 Å². The molecule has 0 saturated carbocycles. The smallest absolute Gasteiger partial charge is 0.387 e. The Balaban J connectivity index is 2.00. The number of ether oxygens (including phenoxy) is 1. The van der Waals surface area contributed by atoms with E-state index in [2.05, 4.69) is 37.2 Å². The van der Waals surface area contributed by atoms with Gasteiger partial charge in [0.15, 0.2) is 5.75 Å². The fourth-order valence-electron chi connectivity index (χ4n) is 2.62. The monoisotopic (exact) mass is 463 g/mol. The van der Waals surface area contributed by atoms with E-state index in [4.69, 9.17) is 11.6 Å². The predicted octanol–water partition coefficient (Wildman–Crippen LogP) is 4.27. The Morgan fingerprint density at radius 3 is 2.72 bits per heavy atom. The average Bonchev–Trinajstić information content (AvgIpc) is 2.71. The van der Waals surface area contributed by atoms with Crippen molar-refractivity contribution in [2.45, 2.75) is 6.61 Å². The molecule has 7 nitrogen and oxygen atoms in total. The fraction of sp³-hybridized carbons (Fsp3) is 0.190. The van der Waals surface area contributed by atoms with Crippen LogP contribution in [0.3, 0.4) is 0 Å². The van der Waals surface area contributed by atoms with E-state index in [1.54, 1.807) is 19.0 Å². The number of nitrogens with zero attached hydrogens (tertiary/aromatic N) is 3. The number of fused-ring (bicyclic) bond motifs is 1. The van der Waals surface area contributed by atoms with Crippen LogP contribution < -0.4 is 15.4 Å². The van der Waals surface area contributed by atoms with Crippen molar-refractivity contribution >= 4 is 45.6 Å². The summed E-state index contributed by atoms with van der Waals surface area (Å²) in [7, 11) is 3.57. The van der Waals surface area contributed by atoms with Crippen LogP contribution in [0.1, 0.15) is 0 Å². The summed E-state index contributed by atoms with van der Waals surface area (Å²) in [6.45, 7) is -2.78. The van der Waals surface area contributed by atoms with E-state index in [0.29, 0.717) is 17.6 Å². The van der Waals surface area contributed by atoms with Gasteiger partial charge in [-0.3, -0.25) is 9.69 Å². The van der Waals surface area contributed by atoms with Crippen LogP contribution in [-0.2, 0) is 4.79 Å². The van der Waals surface area contributed by atoms with Gasteiger partial charge in [0.05, 0.1) is 22.8 Å². The molecule has 0 fully saturated rings. The Labute approximate surface area is 186 Å². The van der Waals surface area contributed by atoms with Crippen LogP contribution in [0.15, 0.2) is 36.7 Å². The molecule has 1 amide bonds. The van der Waals surface area contributed by atoms with Crippen LogP contribution in [0, 0.1) is 17.7 Å². The minimum absolute atomic E-state index is 0.0445. The van der Waals surface area contributed by atoms with Crippen molar-refractivity contribution in [2.24, 2.45) is 0 Å². The third kappa shape index (κ3) is 6.00. The van der Waals surface area contributed by atoms with Gasteiger partial charge in [-0.25, -0.2) is 14.4 Å². The molecule has 0 radical (unpaired) electrons. The number of rotatable bonds is 6. The molecule has 32 heavy (non-hydrogen) atoms. The summed E-state index contributed by atoms with van der Waals surface area (Å²) in [5, 5.41) is 5.70. The number of hydrogen-bond acceptors (Lipinski definition) is 6. The van der Waals surface area contributed by atoms with E-state index in [1.165, 1.54) is 36.7 Å². The number of carbonyl (C=O) groups is 1. The van der Waals surface area contributed by atoms with Crippen molar-refractivity contribution < 1.29 is 22.7 Å². The zero-order valence-electron chi connectivity index (χ0n) is 16.9. The molecule has 1 heterocycles. The molecule has 0 aliphatic carbocycles. The number of benzene rings is 2. The molecular formula is C21H17ClF3N5O2. The third-order valence-electron chi connectivity index (χ3n) is 3.98. The van der Waals surface area contributed by atoms with Crippen molar-refractivity contribution in [1.29, 1.82) is 0 Å². The topological polar surface area (TPSA) is 79.4 Å². The van der Waals surface area contributed by atoms with E-state index < -0.39 is 18.3 Å². The molecule has 3 rings (SSSR count). The quantitative estimate of drug-likeness (QED) is 0.531. The van der Waals surface area contributed by atoms with E-state index in [1.807, 2.05) is 0 Å². The second-order valence-corrected chi connectivity index (χ2v) is 7.12. The van der Waals surface area contributed by atoms with E-state index in [9.17, 15) is 18.0 Å². The second-order valence-electron chi connectivity index (χ2n) is 6.71. The SMILES string of the molecule is CN(C)CC#CC(=O)Nc1cc2c(Nc3ccc(F)c(Cl)c3)ncnc2cc1OC(F)F. The first-order valence-corrected chi connectivity index (χ1v) is 9.51. The highest BCUT2D eigenvalue weighted by Gasteiger charge is 2.16. The first-order valence-electron chi connectivity index (χ1n) is 9.13. The number of amides is 1. The van der Waals surface area contributed by atoms with Crippen LogP contribution in [0.4, 0.5) is 30.4 Å². The van der Waals surface area contributed by atoms with Crippen molar-refractivity contribution in [3.63, 3.8) is 0 Å². The molecule has 2 aromatic carbocycles. The molecule has 0 saturated heterocycles. The van der Waals surface area contributed by atoms with Gasteiger partial charge in [-0.15, -0.1) is 0 Å². The largest absolute Gasteiger partial charge is 0.433 e. The number of carbonyl (C=O) groups excluding carboxylic acids is 1. The normalized spacial score (nSPS) is 10.8. The van der Waals surface area contributed by atoms with Crippen LogP contribution in [0.5, 0.6) is 5.75 Å². The lowest BCUT2D eigenvalue weighted by atomic mass is 10.2. The van der Waals surface area contributed by atoms with Crippen molar-refractivity contribution in [3.8, 4) is 17.6 Å². The minimum atomic E-state index is -3.12. The van der Waals surface area contributed by atoms with Gasteiger partial charge >= 0.3 is 6.61 Å². The van der Waals surface area contributed by atoms with E-state index in [-0.39, 0.29) is 27.8 Å². The van der Waals surface area contributed by atoms with Crippen LogP contribution in [-0.4, -0.2) is 48.0 Å². The fourth-order valence-corrected chi connectivity index (χ4v) is 2.80. The Bertz CT molecular complexity index is 1210. The number of hydrogen-bond donors (Lipinski definition) is 2. The number of anilines is 3. The molecule has 0 unspecified atom stereocenters.